The first-order valence-corrected chi connectivity index (χ1v) is 9.06. The number of carbonyl (C=O) groups is 3. The molecule has 1 atom stereocenters. The molecule has 3 rings (SSSR count). The van der Waals surface area contributed by atoms with Crippen molar-refractivity contribution in [3.63, 3.8) is 0 Å². The van der Waals surface area contributed by atoms with Crippen molar-refractivity contribution in [1.29, 1.82) is 0 Å². The predicted octanol–water partition coefficient (Wildman–Crippen LogP) is 3.21. The number of halogens is 1. The molecule has 7 nitrogen and oxygen atoms in total. The Labute approximate surface area is 167 Å². The maximum atomic E-state index is 13.0. The van der Waals surface area contributed by atoms with Crippen LogP contribution in [0.15, 0.2) is 45.7 Å². The van der Waals surface area contributed by atoms with Gasteiger partial charge in [-0.25, -0.2) is 9.18 Å². The number of carbonyl (C=O) groups excluding carboxylic acids is 1. The van der Waals surface area contributed by atoms with Crippen LogP contribution in [0.1, 0.15) is 12.2 Å². The maximum Gasteiger partial charge on any atom is 0.327 e. The predicted molar refractivity (Wildman–Crippen MR) is 103 cm³/mol. The number of carboxylic acids is 2. The van der Waals surface area contributed by atoms with E-state index in [1.165, 1.54) is 18.2 Å². The quantitative estimate of drug-likeness (QED) is 0.541. The van der Waals surface area contributed by atoms with Crippen LogP contribution in [0.3, 0.4) is 0 Å². The Hall–Kier alpha value is -2.98. The third kappa shape index (κ3) is 4.12. The van der Waals surface area contributed by atoms with E-state index in [0.29, 0.717) is 17.1 Å². The minimum absolute atomic E-state index is 0.0461. The SMILES string of the molecule is O=C(O)C[C@@H](C(=O)O)N1C(=O)/C(=C\c2ccc(-c3ccc(F)cc3)o2)SC1=S. The molecule has 0 spiro atoms. The first-order valence-electron chi connectivity index (χ1n) is 7.83. The van der Waals surface area contributed by atoms with Crippen molar-refractivity contribution >= 4 is 52.2 Å². The lowest BCUT2D eigenvalue weighted by atomic mass is 10.2. The van der Waals surface area contributed by atoms with Crippen LogP contribution in [-0.2, 0) is 14.4 Å². The number of thioether (sulfide) groups is 1. The molecule has 2 N–H and O–H groups in total. The van der Waals surface area contributed by atoms with Gasteiger partial charge >= 0.3 is 11.9 Å². The van der Waals surface area contributed by atoms with Gasteiger partial charge in [0.25, 0.3) is 5.91 Å². The average Bonchev–Trinajstić information content (AvgIpc) is 3.19. The van der Waals surface area contributed by atoms with E-state index >= 15 is 0 Å². The molecule has 10 heteroatoms. The fraction of sp³-hybridized carbons (Fsp3) is 0.111. The molecule has 0 saturated carbocycles. The highest BCUT2D eigenvalue weighted by Gasteiger charge is 2.41. The first-order chi connectivity index (χ1) is 13.3. The van der Waals surface area contributed by atoms with E-state index in [2.05, 4.69) is 0 Å². The molecule has 0 bridgehead atoms. The van der Waals surface area contributed by atoms with Crippen LogP contribution in [0, 0.1) is 5.82 Å². The highest BCUT2D eigenvalue weighted by molar-refractivity contribution is 8.26. The molecule has 0 aliphatic carbocycles. The van der Waals surface area contributed by atoms with E-state index in [1.54, 1.807) is 24.3 Å². The van der Waals surface area contributed by atoms with Gasteiger partial charge in [0.15, 0.2) is 0 Å². The minimum Gasteiger partial charge on any atom is -0.481 e. The Balaban J connectivity index is 1.85. The molecule has 1 fully saturated rings. The molecule has 1 amide bonds. The van der Waals surface area contributed by atoms with Crippen LogP contribution in [-0.4, -0.2) is 43.3 Å². The molecule has 0 unspecified atom stereocenters. The molecule has 1 aromatic heterocycles. The monoisotopic (exact) mass is 421 g/mol. The Morgan fingerprint density at radius 3 is 2.50 bits per heavy atom. The van der Waals surface area contributed by atoms with Crippen molar-refractivity contribution in [1.82, 2.24) is 4.90 Å². The molecule has 2 aromatic rings. The number of carboxylic acid groups (broad SMARTS) is 2. The number of thiocarbonyl (C=S) groups is 1. The zero-order valence-corrected chi connectivity index (χ0v) is 15.6. The topological polar surface area (TPSA) is 108 Å². The number of rotatable bonds is 6. The highest BCUT2D eigenvalue weighted by Crippen LogP contribution is 2.35. The van der Waals surface area contributed by atoms with E-state index in [-0.39, 0.29) is 15.0 Å². The number of aliphatic carboxylic acids is 2. The number of furan rings is 1. The summed E-state index contributed by atoms with van der Waals surface area (Å²) in [5.41, 5.74) is 0.640. The lowest BCUT2D eigenvalue weighted by molar-refractivity contribution is -0.150. The van der Waals surface area contributed by atoms with Gasteiger partial charge in [0.1, 0.15) is 27.7 Å². The van der Waals surface area contributed by atoms with Crippen LogP contribution >= 0.6 is 24.0 Å². The fourth-order valence-corrected chi connectivity index (χ4v) is 3.87. The molecular weight excluding hydrogens is 409 g/mol. The Morgan fingerprint density at radius 1 is 1.21 bits per heavy atom. The summed E-state index contributed by atoms with van der Waals surface area (Å²) in [6, 6.07) is 7.30. The zero-order valence-electron chi connectivity index (χ0n) is 14.0. The third-order valence-electron chi connectivity index (χ3n) is 3.82. The van der Waals surface area contributed by atoms with Crippen LogP contribution in [0.4, 0.5) is 4.39 Å². The molecule has 144 valence electrons. The third-order valence-corrected chi connectivity index (χ3v) is 5.15. The van der Waals surface area contributed by atoms with Gasteiger partial charge in [-0.15, -0.1) is 0 Å². The molecule has 2 heterocycles. The zero-order chi connectivity index (χ0) is 20.4. The van der Waals surface area contributed by atoms with Gasteiger partial charge < -0.3 is 14.6 Å². The number of amides is 1. The molecule has 28 heavy (non-hydrogen) atoms. The van der Waals surface area contributed by atoms with E-state index < -0.39 is 30.3 Å². The summed E-state index contributed by atoms with van der Waals surface area (Å²) in [5.74, 6) is -3.14. The van der Waals surface area contributed by atoms with Crippen molar-refractivity contribution in [3.05, 3.63) is 52.9 Å². The van der Waals surface area contributed by atoms with E-state index in [1.807, 2.05) is 0 Å². The lowest BCUT2D eigenvalue weighted by Crippen LogP contribution is -2.45. The van der Waals surface area contributed by atoms with Crippen LogP contribution in [0.2, 0.25) is 0 Å². The van der Waals surface area contributed by atoms with Crippen molar-refractivity contribution in [2.24, 2.45) is 0 Å². The van der Waals surface area contributed by atoms with Crippen LogP contribution in [0.25, 0.3) is 17.4 Å². The maximum absolute atomic E-state index is 13.0. The van der Waals surface area contributed by atoms with Gasteiger partial charge in [-0.1, -0.05) is 24.0 Å². The lowest BCUT2D eigenvalue weighted by Gasteiger charge is -2.21. The summed E-state index contributed by atoms with van der Waals surface area (Å²) in [5, 5.41) is 18.1. The number of benzene rings is 1. The Bertz CT molecular complexity index is 998. The molecular formula is C18H12FNO6S2. The summed E-state index contributed by atoms with van der Waals surface area (Å²) in [4.78, 5) is 35.8. The van der Waals surface area contributed by atoms with Gasteiger partial charge in [0, 0.05) is 11.6 Å². The molecule has 1 aromatic carbocycles. The largest absolute Gasteiger partial charge is 0.481 e. The smallest absolute Gasteiger partial charge is 0.327 e. The van der Waals surface area contributed by atoms with E-state index in [9.17, 15) is 23.9 Å². The summed E-state index contributed by atoms with van der Waals surface area (Å²) in [6.07, 6.45) is 0.622. The normalized spacial score (nSPS) is 16.6. The number of hydrogen-bond acceptors (Lipinski definition) is 6. The van der Waals surface area contributed by atoms with Crippen LogP contribution in [0.5, 0.6) is 0 Å². The van der Waals surface area contributed by atoms with Gasteiger partial charge in [-0.05, 0) is 36.4 Å². The van der Waals surface area contributed by atoms with Crippen LogP contribution < -0.4 is 0 Å². The molecule has 1 saturated heterocycles. The van der Waals surface area contributed by atoms with Gasteiger partial charge in [0.2, 0.25) is 0 Å². The average molecular weight is 421 g/mol. The van der Waals surface area contributed by atoms with E-state index in [0.717, 1.165) is 16.7 Å². The Kier molecular flexibility index (Phi) is 5.61. The molecule has 1 aliphatic heterocycles. The summed E-state index contributed by atoms with van der Waals surface area (Å²) in [7, 11) is 0. The summed E-state index contributed by atoms with van der Waals surface area (Å²) < 4.78 is 18.6. The van der Waals surface area contributed by atoms with Gasteiger partial charge in [0.05, 0.1) is 11.3 Å². The first kappa shape index (κ1) is 19.8. The van der Waals surface area contributed by atoms with Gasteiger partial charge in [-0.2, -0.15) is 0 Å². The fourth-order valence-electron chi connectivity index (χ4n) is 2.53. The van der Waals surface area contributed by atoms with Crippen molar-refractivity contribution < 1.29 is 33.4 Å². The second-order valence-electron chi connectivity index (χ2n) is 5.71. The van der Waals surface area contributed by atoms with E-state index in [4.69, 9.17) is 21.7 Å². The van der Waals surface area contributed by atoms with Crippen molar-refractivity contribution in [3.8, 4) is 11.3 Å². The molecule has 1 aliphatic rings. The Morgan fingerprint density at radius 2 is 1.89 bits per heavy atom. The number of nitrogens with zero attached hydrogens (tertiary/aromatic N) is 1. The standard InChI is InChI=1S/C18H12FNO6S2/c19-10-3-1-9(2-4-10)13-6-5-11(26-13)7-14-16(23)20(18(27)28-14)12(17(24)25)8-15(21)22/h1-7,12H,8H2,(H,21,22)(H,24,25)/b14-7+/t12-/m0/s1. The van der Waals surface area contributed by atoms with Crippen molar-refractivity contribution in [2.45, 2.75) is 12.5 Å². The number of hydrogen-bond donors (Lipinski definition) is 2. The highest BCUT2D eigenvalue weighted by atomic mass is 32.2. The molecule has 0 radical (unpaired) electrons. The summed E-state index contributed by atoms with van der Waals surface area (Å²) in [6.45, 7) is 0. The summed E-state index contributed by atoms with van der Waals surface area (Å²) >= 11 is 5.92. The second kappa shape index (κ2) is 7.95. The van der Waals surface area contributed by atoms with Crippen molar-refractivity contribution in [2.75, 3.05) is 0 Å². The van der Waals surface area contributed by atoms with Gasteiger partial charge in [-0.3, -0.25) is 14.5 Å². The minimum atomic E-state index is -1.60. The second-order valence-corrected chi connectivity index (χ2v) is 7.39.